The molecule has 0 amide bonds. The van der Waals surface area contributed by atoms with Gasteiger partial charge in [0, 0.05) is 12.0 Å². The molecule has 1 heterocycles. The fourth-order valence-electron chi connectivity index (χ4n) is 3.17. The third-order valence-corrected chi connectivity index (χ3v) is 4.22. The predicted molar refractivity (Wildman–Crippen MR) is 91.0 cm³/mol. The van der Waals surface area contributed by atoms with Crippen LogP contribution >= 0.6 is 0 Å². The van der Waals surface area contributed by atoms with Crippen LogP contribution in [0.3, 0.4) is 0 Å². The summed E-state index contributed by atoms with van der Waals surface area (Å²) in [7, 11) is 0. The molecule has 1 aliphatic heterocycles. The second-order valence-electron chi connectivity index (χ2n) is 6.09. The Balaban J connectivity index is 1.89. The minimum Gasteiger partial charge on any atom is -0.465 e. The highest BCUT2D eigenvalue weighted by Gasteiger charge is 2.16. The van der Waals surface area contributed by atoms with Crippen molar-refractivity contribution in [2.45, 2.75) is 39.4 Å². The van der Waals surface area contributed by atoms with E-state index in [9.17, 15) is 4.79 Å². The maximum Gasteiger partial charge on any atom is 0.199 e. The summed E-state index contributed by atoms with van der Waals surface area (Å²) < 4.78 is 11.6. The maximum absolute atomic E-state index is 11.0. The van der Waals surface area contributed by atoms with Crippen molar-refractivity contribution in [2.24, 2.45) is 0 Å². The number of benzene rings is 2. The van der Waals surface area contributed by atoms with E-state index in [1.54, 1.807) is 0 Å². The van der Waals surface area contributed by atoms with Crippen LogP contribution in [-0.4, -0.2) is 19.2 Å². The molecule has 0 spiro atoms. The van der Waals surface area contributed by atoms with Crippen molar-refractivity contribution in [3.63, 3.8) is 0 Å². The Morgan fingerprint density at radius 3 is 2.57 bits per heavy atom. The highest BCUT2D eigenvalue weighted by molar-refractivity contribution is 5.80. The van der Waals surface area contributed by atoms with E-state index in [0.717, 1.165) is 60.2 Å². The van der Waals surface area contributed by atoms with Crippen LogP contribution in [-0.2, 0) is 4.74 Å². The normalized spacial score (nSPS) is 17.7. The van der Waals surface area contributed by atoms with E-state index in [1.165, 1.54) is 0 Å². The Morgan fingerprint density at radius 2 is 1.91 bits per heavy atom. The van der Waals surface area contributed by atoms with Gasteiger partial charge in [0.25, 0.3) is 0 Å². The molecule has 0 bridgehead atoms. The summed E-state index contributed by atoms with van der Waals surface area (Å²) >= 11 is 0. The average Bonchev–Trinajstić information content (AvgIpc) is 2.55. The van der Waals surface area contributed by atoms with Crippen LogP contribution in [0, 0.1) is 13.8 Å². The maximum atomic E-state index is 11.0. The number of carbonyl (C=O) groups excluding carboxylic acids is 1. The highest BCUT2D eigenvalue weighted by atomic mass is 16.7. The molecular weight excluding hydrogens is 288 g/mol. The Labute approximate surface area is 137 Å². The first-order valence-corrected chi connectivity index (χ1v) is 8.12. The van der Waals surface area contributed by atoms with Gasteiger partial charge in [-0.25, -0.2) is 0 Å². The van der Waals surface area contributed by atoms with Crippen molar-refractivity contribution in [1.29, 1.82) is 0 Å². The van der Waals surface area contributed by atoms with E-state index in [1.807, 2.05) is 36.4 Å². The van der Waals surface area contributed by atoms with Gasteiger partial charge in [0.05, 0.1) is 6.61 Å². The summed E-state index contributed by atoms with van der Waals surface area (Å²) in [5.74, 6) is 0.849. The molecular formula is C20H22O3. The molecule has 2 aromatic rings. The van der Waals surface area contributed by atoms with E-state index in [-0.39, 0.29) is 6.29 Å². The fourth-order valence-corrected chi connectivity index (χ4v) is 3.17. The number of aryl methyl sites for hydroxylation is 2. The molecule has 0 N–H and O–H groups in total. The molecule has 3 nitrogen and oxygen atoms in total. The zero-order valence-electron chi connectivity index (χ0n) is 13.7. The van der Waals surface area contributed by atoms with Crippen LogP contribution in [0.4, 0.5) is 0 Å². The molecule has 3 heteroatoms. The Kier molecular flexibility index (Phi) is 4.77. The smallest absolute Gasteiger partial charge is 0.199 e. The second kappa shape index (κ2) is 6.97. The SMILES string of the molecule is Cc1cc(OC2CCCCO2)cc(C)c1-c1cccc(C=O)c1. The molecule has 2 aromatic carbocycles. The number of carbonyl (C=O) groups is 1. The minimum absolute atomic E-state index is 0.133. The van der Waals surface area contributed by atoms with Crippen LogP contribution in [0.1, 0.15) is 40.7 Å². The Morgan fingerprint density at radius 1 is 1.13 bits per heavy atom. The summed E-state index contributed by atoms with van der Waals surface area (Å²) in [6.45, 7) is 4.92. The van der Waals surface area contributed by atoms with E-state index < -0.39 is 0 Å². The topological polar surface area (TPSA) is 35.5 Å². The summed E-state index contributed by atoms with van der Waals surface area (Å²) in [5.41, 5.74) is 5.19. The Hall–Kier alpha value is -2.13. The lowest BCUT2D eigenvalue weighted by Gasteiger charge is -2.24. The quantitative estimate of drug-likeness (QED) is 0.769. The number of ether oxygens (including phenoxy) is 2. The van der Waals surface area contributed by atoms with Gasteiger partial charge in [-0.2, -0.15) is 0 Å². The third kappa shape index (κ3) is 3.62. The van der Waals surface area contributed by atoms with E-state index >= 15 is 0 Å². The number of rotatable bonds is 4. The van der Waals surface area contributed by atoms with Crippen molar-refractivity contribution < 1.29 is 14.3 Å². The lowest BCUT2D eigenvalue weighted by molar-refractivity contribution is -0.105. The van der Waals surface area contributed by atoms with Gasteiger partial charge in [-0.15, -0.1) is 0 Å². The van der Waals surface area contributed by atoms with Crippen molar-refractivity contribution in [1.82, 2.24) is 0 Å². The first kappa shape index (κ1) is 15.8. The van der Waals surface area contributed by atoms with Crippen LogP contribution < -0.4 is 4.74 Å². The lowest BCUT2D eigenvalue weighted by Crippen LogP contribution is -2.25. The first-order chi connectivity index (χ1) is 11.2. The summed E-state index contributed by atoms with van der Waals surface area (Å²) in [4.78, 5) is 11.0. The summed E-state index contributed by atoms with van der Waals surface area (Å²) in [5, 5.41) is 0. The fraction of sp³-hybridized carbons (Fsp3) is 0.350. The third-order valence-electron chi connectivity index (χ3n) is 4.22. The van der Waals surface area contributed by atoms with Gasteiger partial charge in [0.1, 0.15) is 12.0 Å². The van der Waals surface area contributed by atoms with E-state index in [0.29, 0.717) is 5.56 Å². The van der Waals surface area contributed by atoms with E-state index in [2.05, 4.69) is 13.8 Å². The van der Waals surface area contributed by atoms with Crippen molar-refractivity contribution in [3.8, 4) is 16.9 Å². The standard InChI is InChI=1S/C20H22O3/c1-14-10-18(23-19-8-3-4-9-22-19)11-15(2)20(14)17-7-5-6-16(12-17)13-21/h5-7,10-13,19H,3-4,8-9H2,1-2H3. The number of hydrogen-bond donors (Lipinski definition) is 0. The molecule has 0 aliphatic carbocycles. The van der Waals surface area contributed by atoms with Gasteiger partial charge in [-0.1, -0.05) is 18.2 Å². The zero-order chi connectivity index (χ0) is 16.2. The molecule has 0 aromatic heterocycles. The largest absolute Gasteiger partial charge is 0.465 e. The number of aldehydes is 1. The zero-order valence-corrected chi connectivity index (χ0v) is 13.7. The van der Waals surface area contributed by atoms with Crippen molar-refractivity contribution >= 4 is 6.29 Å². The molecule has 23 heavy (non-hydrogen) atoms. The van der Waals surface area contributed by atoms with Crippen molar-refractivity contribution in [2.75, 3.05) is 6.61 Å². The van der Waals surface area contributed by atoms with Gasteiger partial charge < -0.3 is 9.47 Å². The minimum atomic E-state index is -0.133. The summed E-state index contributed by atoms with van der Waals surface area (Å²) in [6.07, 6.45) is 3.96. The first-order valence-electron chi connectivity index (χ1n) is 8.12. The molecule has 1 saturated heterocycles. The van der Waals surface area contributed by atoms with Crippen LogP contribution in [0.25, 0.3) is 11.1 Å². The van der Waals surface area contributed by atoms with Gasteiger partial charge in [-0.05, 0) is 67.1 Å². The average molecular weight is 310 g/mol. The van der Waals surface area contributed by atoms with Gasteiger partial charge in [0.15, 0.2) is 6.29 Å². The summed E-state index contributed by atoms with van der Waals surface area (Å²) in [6, 6.07) is 11.8. The van der Waals surface area contributed by atoms with Gasteiger partial charge >= 0.3 is 0 Å². The molecule has 0 radical (unpaired) electrons. The van der Waals surface area contributed by atoms with Crippen LogP contribution in [0.5, 0.6) is 5.75 Å². The monoisotopic (exact) mass is 310 g/mol. The van der Waals surface area contributed by atoms with Crippen molar-refractivity contribution in [3.05, 3.63) is 53.1 Å². The molecule has 0 saturated carbocycles. The highest BCUT2D eigenvalue weighted by Crippen LogP contribution is 2.32. The van der Waals surface area contributed by atoms with Crippen LogP contribution in [0.15, 0.2) is 36.4 Å². The molecule has 1 unspecified atom stereocenters. The Bertz CT molecular complexity index is 677. The second-order valence-corrected chi connectivity index (χ2v) is 6.09. The van der Waals surface area contributed by atoms with E-state index in [4.69, 9.17) is 9.47 Å². The number of hydrogen-bond acceptors (Lipinski definition) is 3. The van der Waals surface area contributed by atoms with Crippen LogP contribution in [0.2, 0.25) is 0 Å². The predicted octanol–water partition coefficient (Wildman–Crippen LogP) is 4.69. The molecule has 1 fully saturated rings. The molecule has 3 rings (SSSR count). The molecule has 1 atom stereocenters. The molecule has 120 valence electrons. The van der Waals surface area contributed by atoms with Gasteiger partial charge in [0.2, 0.25) is 0 Å². The van der Waals surface area contributed by atoms with Gasteiger partial charge in [-0.3, -0.25) is 4.79 Å². The lowest BCUT2D eigenvalue weighted by atomic mass is 9.94. The molecule has 1 aliphatic rings.